The van der Waals surface area contributed by atoms with Gasteiger partial charge < -0.3 is 19.9 Å². The molecule has 2 aromatic rings. The monoisotopic (exact) mass is 341 g/mol. The van der Waals surface area contributed by atoms with E-state index in [4.69, 9.17) is 4.74 Å². The van der Waals surface area contributed by atoms with Crippen molar-refractivity contribution in [2.75, 3.05) is 38.2 Å². The van der Waals surface area contributed by atoms with Gasteiger partial charge in [-0.15, -0.1) is 0 Å². The van der Waals surface area contributed by atoms with Gasteiger partial charge >= 0.3 is 6.03 Å². The maximum absolute atomic E-state index is 12.5. The van der Waals surface area contributed by atoms with Gasteiger partial charge in [0, 0.05) is 38.4 Å². The second kappa shape index (κ2) is 7.83. The van der Waals surface area contributed by atoms with E-state index in [9.17, 15) is 4.79 Å². The fourth-order valence-electron chi connectivity index (χ4n) is 2.81. The quantitative estimate of drug-likeness (QED) is 0.922. The Bertz CT molecular complexity index is 702. The Labute approximate surface area is 147 Å². The SMILES string of the molecule is COc1ccnc(N2CCN(C(=O)N[C@@H](C)c3ccccc3)CC2)n1. The van der Waals surface area contributed by atoms with Crippen LogP contribution in [0.2, 0.25) is 0 Å². The van der Waals surface area contributed by atoms with Gasteiger partial charge in [0.25, 0.3) is 0 Å². The third-order valence-electron chi connectivity index (χ3n) is 4.32. The smallest absolute Gasteiger partial charge is 0.317 e. The Morgan fingerprint density at radius 2 is 1.88 bits per heavy atom. The van der Waals surface area contributed by atoms with E-state index in [-0.39, 0.29) is 12.1 Å². The van der Waals surface area contributed by atoms with E-state index < -0.39 is 0 Å². The minimum Gasteiger partial charge on any atom is -0.481 e. The number of aromatic nitrogens is 2. The molecule has 132 valence electrons. The molecule has 0 bridgehead atoms. The van der Waals surface area contributed by atoms with Crippen LogP contribution in [0.5, 0.6) is 5.88 Å². The molecule has 3 rings (SSSR count). The highest BCUT2D eigenvalue weighted by atomic mass is 16.5. The lowest BCUT2D eigenvalue weighted by atomic mass is 10.1. The molecule has 1 aromatic heterocycles. The Balaban J connectivity index is 1.54. The van der Waals surface area contributed by atoms with E-state index in [0.29, 0.717) is 38.0 Å². The van der Waals surface area contributed by atoms with E-state index in [1.165, 1.54) is 0 Å². The van der Waals surface area contributed by atoms with Gasteiger partial charge in [0.2, 0.25) is 11.8 Å². The summed E-state index contributed by atoms with van der Waals surface area (Å²) in [5.74, 6) is 1.18. The first-order valence-electron chi connectivity index (χ1n) is 8.40. The van der Waals surface area contributed by atoms with E-state index >= 15 is 0 Å². The third kappa shape index (κ3) is 4.17. The molecule has 1 fully saturated rings. The molecule has 1 aromatic carbocycles. The molecule has 0 unspecified atom stereocenters. The van der Waals surface area contributed by atoms with E-state index in [0.717, 1.165) is 5.56 Å². The van der Waals surface area contributed by atoms with Crippen molar-refractivity contribution in [3.8, 4) is 5.88 Å². The molecule has 0 saturated carbocycles. The molecule has 2 amide bonds. The van der Waals surface area contributed by atoms with Crippen LogP contribution in [-0.4, -0.2) is 54.2 Å². The van der Waals surface area contributed by atoms with Crippen LogP contribution in [0.25, 0.3) is 0 Å². The fraction of sp³-hybridized carbons (Fsp3) is 0.389. The molecule has 0 aliphatic carbocycles. The second-order valence-electron chi connectivity index (χ2n) is 5.95. The number of benzene rings is 1. The Morgan fingerprint density at radius 1 is 1.16 bits per heavy atom. The van der Waals surface area contributed by atoms with Crippen LogP contribution in [0.15, 0.2) is 42.6 Å². The first-order chi connectivity index (χ1) is 12.2. The third-order valence-corrected chi connectivity index (χ3v) is 4.32. The molecular formula is C18H23N5O2. The Morgan fingerprint density at radius 3 is 2.56 bits per heavy atom. The van der Waals surface area contributed by atoms with Crippen molar-refractivity contribution in [2.24, 2.45) is 0 Å². The largest absolute Gasteiger partial charge is 0.481 e. The topological polar surface area (TPSA) is 70.6 Å². The van der Waals surface area contributed by atoms with Gasteiger partial charge in [-0.1, -0.05) is 30.3 Å². The summed E-state index contributed by atoms with van der Waals surface area (Å²) in [6.07, 6.45) is 1.68. The molecule has 1 atom stereocenters. The second-order valence-corrected chi connectivity index (χ2v) is 5.95. The molecule has 1 N–H and O–H groups in total. The normalized spacial score (nSPS) is 15.6. The lowest BCUT2D eigenvalue weighted by Gasteiger charge is -2.35. The molecule has 0 spiro atoms. The Hall–Kier alpha value is -2.83. The number of methoxy groups -OCH3 is 1. The molecule has 1 aliphatic heterocycles. The highest BCUT2D eigenvalue weighted by Gasteiger charge is 2.23. The standard InChI is InChI=1S/C18H23N5O2/c1-14(15-6-4-3-5-7-15)20-18(24)23-12-10-22(11-13-23)17-19-9-8-16(21-17)25-2/h3-9,14H,10-13H2,1-2H3,(H,20,24)/t14-/m0/s1. The summed E-state index contributed by atoms with van der Waals surface area (Å²) in [5, 5.41) is 3.06. The van der Waals surface area contributed by atoms with Crippen molar-refractivity contribution >= 4 is 12.0 Å². The summed E-state index contributed by atoms with van der Waals surface area (Å²) < 4.78 is 5.14. The number of carbonyl (C=O) groups is 1. The number of hydrogen-bond donors (Lipinski definition) is 1. The summed E-state index contributed by atoms with van der Waals surface area (Å²) >= 11 is 0. The zero-order valence-electron chi connectivity index (χ0n) is 14.6. The minimum atomic E-state index is -0.0393. The van der Waals surface area contributed by atoms with Crippen LogP contribution < -0.4 is 15.0 Å². The van der Waals surface area contributed by atoms with Crippen LogP contribution >= 0.6 is 0 Å². The van der Waals surface area contributed by atoms with Gasteiger partial charge in [-0.2, -0.15) is 4.98 Å². The number of hydrogen-bond acceptors (Lipinski definition) is 5. The van der Waals surface area contributed by atoms with Gasteiger partial charge in [-0.3, -0.25) is 0 Å². The maximum atomic E-state index is 12.5. The van der Waals surface area contributed by atoms with Crippen molar-refractivity contribution in [3.63, 3.8) is 0 Å². The van der Waals surface area contributed by atoms with Crippen LogP contribution in [0.1, 0.15) is 18.5 Å². The summed E-state index contributed by atoms with van der Waals surface area (Å²) in [6, 6.07) is 11.6. The van der Waals surface area contributed by atoms with Crippen molar-refractivity contribution in [1.82, 2.24) is 20.2 Å². The van der Waals surface area contributed by atoms with Gasteiger partial charge in [-0.05, 0) is 12.5 Å². The number of rotatable bonds is 4. The average Bonchev–Trinajstić information content (AvgIpc) is 2.68. The number of piperazine rings is 1. The molecule has 25 heavy (non-hydrogen) atoms. The molecular weight excluding hydrogens is 318 g/mol. The number of carbonyl (C=O) groups excluding carboxylic acids is 1. The number of anilines is 1. The summed E-state index contributed by atoms with van der Waals surface area (Å²) in [4.78, 5) is 25.0. The molecule has 1 aliphatic rings. The van der Waals surface area contributed by atoms with Crippen molar-refractivity contribution in [3.05, 3.63) is 48.2 Å². The first kappa shape index (κ1) is 17.0. The molecule has 7 nitrogen and oxygen atoms in total. The van der Waals surface area contributed by atoms with Gasteiger partial charge in [0.1, 0.15) is 0 Å². The van der Waals surface area contributed by atoms with Crippen LogP contribution in [0.3, 0.4) is 0 Å². The van der Waals surface area contributed by atoms with Gasteiger partial charge in [0.15, 0.2) is 0 Å². The van der Waals surface area contributed by atoms with Crippen molar-refractivity contribution in [2.45, 2.75) is 13.0 Å². The molecule has 0 radical (unpaired) electrons. The van der Waals surface area contributed by atoms with Crippen LogP contribution in [0.4, 0.5) is 10.7 Å². The number of urea groups is 1. The lowest BCUT2D eigenvalue weighted by Crippen LogP contribution is -2.52. The highest BCUT2D eigenvalue weighted by Crippen LogP contribution is 2.16. The summed E-state index contributed by atoms with van der Waals surface area (Å²) in [6.45, 7) is 4.65. The Kier molecular flexibility index (Phi) is 5.33. The lowest BCUT2D eigenvalue weighted by molar-refractivity contribution is 0.191. The average molecular weight is 341 g/mol. The number of nitrogens with one attached hydrogen (secondary N) is 1. The van der Waals surface area contributed by atoms with E-state index in [2.05, 4.69) is 20.2 Å². The van der Waals surface area contributed by atoms with Gasteiger partial charge in [-0.25, -0.2) is 9.78 Å². The van der Waals surface area contributed by atoms with E-state index in [1.807, 2.05) is 42.2 Å². The van der Waals surface area contributed by atoms with Crippen molar-refractivity contribution in [1.29, 1.82) is 0 Å². The van der Waals surface area contributed by atoms with Crippen molar-refractivity contribution < 1.29 is 9.53 Å². The predicted octanol–water partition coefficient (Wildman–Crippen LogP) is 2.08. The zero-order chi connectivity index (χ0) is 17.6. The number of nitrogens with zero attached hydrogens (tertiary/aromatic N) is 4. The molecule has 1 saturated heterocycles. The van der Waals surface area contributed by atoms with Gasteiger partial charge in [0.05, 0.1) is 13.2 Å². The summed E-state index contributed by atoms with van der Waals surface area (Å²) in [7, 11) is 1.59. The summed E-state index contributed by atoms with van der Waals surface area (Å²) in [5.41, 5.74) is 1.10. The van der Waals surface area contributed by atoms with Crippen LogP contribution in [-0.2, 0) is 0 Å². The van der Waals surface area contributed by atoms with Crippen LogP contribution in [0, 0.1) is 0 Å². The molecule has 7 heteroatoms. The minimum absolute atomic E-state index is 0.0200. The predicted molar refractivity (Wildman–Crippen MR) is 95.8 cm³/mol. The van der Waals surface area contributed by atoms with E-state index in [1.54, 1.807) is 19.4 Å². The fourth-order valence-corrected chi connectivity index (χ4v) is 2.81. The maximum Gasteiger partial charge on any atom is 0.317 e. The first-order valence-corrected chi connectivity index (χ1v) is 8.40. The number of ether oxygens (including phenoxy) is 1. The highest BCUT2D eigenvalue weighted by molar-refractivity contribution is 5.75. The zero-order valence-corrected chi connectivity index (χ0v) is 14.6. The number of amides is 2. The molecule has 2 heterocycles.